The summed E-state index contributed by atoms with van der Waals surface area (Å²) in [6, 6.07) is 18.5. The second-order valence-electron chi connectivity index (χ2n) is 8.28. The number of carbonyl (C=O) groups is 2. The smallest absolute Gasteiger partial charge is 0.339 e. The SMILES string of the molecule is CCOC(=O)CNc1c(-c2cn(S(=O)(=O)c3ccccc3)c3ccccc23)nc2ccc(C(=O)OC)cn12. The average molecular weight is 533 g/mol. The minimum atomic E-state index is -3.92. The molecule has 0 fully saturated rings. The van der Waals surface area contributed by atoms with E-state index in [2.05, 4.69) is 5.32 Å². The topological polar surface area (TPSA) is 121 Å². The van der Waals surface area contributed by atoms with Gasteiger partial charge in [-0.15, -0.1) is 0 Å². The molecule has 38 heavy (non-hydrogen) atoms. The molecule has 0 bridgehead atoms. The van der Waals surface area contributed by atoms with Gasteiger partial charge >= 0.3 is 11.9 Å². The number of carbonyl (C=O) groups excluding carboxylic acids is 2. The number of nitrogens with zero attached hydrogens (tertiary/aromatic N) is 3. The third-order valence-electron chi connectivity index (χ3n) is 5.98. The van der Waals surface area contributed by atoms with Crippen molar-refractivity contribution in [3.8, 4) is 11.3 Å². The zero-order chi connectivity index (χ0) is 26.9. The number of para-hydroxylation sites is 1. The second kappa shape index (κ2) is 10.0. The summed E-state index contributed by atoms with van der Waals surface area (Å²) < 4.78 is 40.0. The molecule has 2 aromatic carbocycles. The Bertz CT molecular complexity index is 1770. The number of imidazole rings is 1. The van der Waals surface area contributed by atoms with Gasteiger partial charge in [-0.05, 0) is 37.3 Å². The van der Waals surface area contributed by atoms with E-state index in [-0.39, 0.29) is 23.6 Å². The van der Waals surface area contributed by atoms with Crippen molar-refractivity contribution >= 4 is 44.3 Å². The fraction of sp³-hybridized carbons (Fsp3) is 0.148. The van der Waals surface area contributed by atoms with E-state index in [0.29, 0.717) is 33.6 Å². The number of aromatic nitrogens is 3. The standard InChI is InChI=1S/C27H24N4O6S/c1-3-37-24(32)15-28-26-25(29-23-14-13-18(16-30(23)26)27(33)36-2)21-17-31(22-12-8-7-11-20(21)22)38(34,35)19-9-5-4-6-10-19/h4-14,16-17,28H,3,15H2,1-2H3. The van der Waals surface area contributed by atoms with E-state index >= 15 is 0 Å². The second-order valence-corrected chi connectivity index (χ2v) is 10.1. The first-order valence-electron chi connectivity index (χ1n) is 11.8. The summed E-state index contributed by atoms with van der Waals surface area (Å²) in [4.78, 5) is 29.3. The lowest BCUT2D eigenvalue weighted by Crippen LogP contribution is -2.18. The molecule has 0 atom stereocenters. The average Bonchev–Trinajstić information content (AvgIpc) is 3.50. The highest BCUT2D eigenvalue weighted by molar-refractivity contribution is 7.90. The Hall–Kier alpha value is -4.64. The van der Waals surface area contributed by atoms with Crippen molar-refractivity contribution in [2.45, 2.75) is 11.8 Å². The predicted molar refractivity (Wildman–Crippen MR) is 142 cm³/mol. The maximum Gasteiger partial charge on any atom is 0.339 e. The van der Waals surface area contributed by atoms with Crippen LogP contribution in [0.25, 0.3) is 27.8 Å². The van der Waals surface area contributed by atoms with Gasteiger partial charge in [0.2, 0.25) is 0 Å². The Morgan fingerprint density at radius 3 is 2.45 bits per heavy atom. The summed E-state index contributed by atoms with van der Waals surface area (Å²) in [6.07, 6.45) is 3.07. The normalized spacial score (nSPS) is 11.5. The highest BCUT2D eigenvalue weighted by Crippen LogP contribution is 2.37. The van der Waals surface area contributed by atoms with Gasteiger partial charge in [0.25, 0.3) is 10.0 Å². The molecule has 0 aliphatic carbocycles. The van der Waals surface area contributed by atoms with Crippen molar-refractivity contribution in [3.63, 3.8) is 0 Å². The van der Waals surface area contributed by atoms with Crippen molar-refractivity contribution in [2.75, 3.05) is 25.6 Å². The van der Waals surface area contributed by atoms with E-state index in [1.165, 1.54) is 29.4 Å². The van der Waals surface area contributed by atoms with Crippen molar-refractivity contribution in [3.05, 3.63) is 84.7 Å². The quantitative estimate of drug-likeness (QED) is 0.298. The molecule has 11 heteroatoms. The molecule has 5 aromatic rings. The van der Waals surface area contributed by atoms with E-state index in [9.17, 15) is 18.0 Å². The van der Waals surface area contributed by atoms with Gasteiger partial charge in [-0.1, -0.05) is 36.4 Å². The van der Waals surface area contributed by atoms with Crippen LogP contribution in [0.2, 0.25) is 0 Å². The van der Waals surface area contributed by atoms with Crippen molar-refractivity contribution in [1.29, 1.82) is 0 Å². The summed E-state index contributed by atoms with van der Waals surface area (Å²) in [5.74, 6) is -0.630. The van der Waals surface area contributed by atoms with E-state index < -0.39 is 22.0 Å². The number of hydrogen-bond donors (Lipinski definition) is 1. The molecular weight excluding hydrogens is 508 g/mol. The van der Waals surface area contributed by atoms with E-state index in [4.69, 9.17) is 14.5 Å². The third-order valence-corrected chi connectivity index (χ3v) is 7.67. The number of esters is 2. The number of methoxy groups -OCH3 is 1. The van der Waals surface area contributed by atoms with Gasteiger partial charge in [0, 0.05) is 23.3 Å². The Balaban J connectivity index is 1.74. The van der Waals surface area contributed by atoms with Gasteiger partial charge in [-0.2, -0.15) is 0 Å². The number of fused-ring (bicyclic) bond motifs is 2. The van der Waals surface area contributed by atoms with Gasteiger partial charge in [0.15, 0.2) is 0 Å². The maximum absolute atomic E-state index is 13.6. The summed E-state index contributed by atoms with van der Waals surface area (Å²) in [6.45, 7) is 1.76. The summed E-state index contributed by atoms with van der Waals surface area (Å²) >= 11 is 0. The Kier molecular flexibility index (Phi) is 6.60. The van der Waals surface area contributed by atoms with Crippen LogP contribution < -0.4 is 5.32 Å². The number of benzene rings is 2. The van der Waals surface area contributed by atoms with Gasteiger partial charge < -0.3 is 14.8 Å². The summed E-state index contributed by atoms with van der Waals surface area (Å²) in [7, 11) is -2.64. The van der Waals surface area contributed by atoms with Crippen LogP contribution in [0.15, 0.2) is 84.0 Å². The van der Waals surface area contributed by atoms with Crippen LogP contribution in [0.4, 0.5) is 5.82 Å². The Morgan fingerprint density at radius 2 is 1.71 bits per heavy atom. The van der Waals surface area contributed by atoms with Gasteiger partial charge in [-0.25, -0.2) is 22.2 Å². The molecule has 0 aliphatic rings. The molecule has 1 N–H and O–H groups in total. The molecule has 0 radical (unpaired) electrons. The van der Waals surface area contributed by atoms with Crippen LogP contribution in [0.1, 0.15) is 17.3 Å². The van der Waals surface area contributed by atoms with Gasteiger partial charge in [0.05, 0.1) is 29.7 Å². The third kappa shape index (κ3) is 4.37. The molecule has 0 aliphatic heterocycles. The zero-order valence-electron chi connectivity index (χ0n) is 20.6. The van der Waals surface area contributed by atoms with Crippen molar-refractivity contribution < 1.29 is 27.5 Å². The van der Waals surface area contributed by atoms with Crippen LogP contribution >= 0.6 is 0 Å². The lowest BCUT2D eigenvalue weighted by Gasteiger charge is -2.09. The van der Waals surface area contributed by atoms with E-state index in [1.807, 2.05) is 6.07 Å². The molecule has 10 nitrogen and oxygen atoms in total. The lowest BCUT2D eigenvalue weighted by atomic mass is 10.1. The van der Waals surface area contributed by atoms with Crippen LogP contribution in [0.5, 0.6) is 0 Å². The fourth-order valence-electron chi connectivity index (χ4n) is 4.25. The first kappa shape index (κ1) is 25.0. The number of anilines is 1. The van der Waals surface area contributed by atoms with Crippen molar-refractivity contribution in [1.82, 2.24) is 13.4 Å². The Labute approximate surface area is 218 Å². The molecule has 0 unspecified atom stereocenters. The first-order valence-corrected chi connectivity index (χ1v) is 13.2. The number of hydrogen-bond acceptors (Lipinski definition) is 8. The highest BCUT2D eigenvalue weighted by atomic mass is 32.2. The Morgan fingerprint density at radius 1 is 0.974 bits per heavy atom. The number of rotatable bonds is 8. The molecule has 194 valence electrons. The molecule has 0 saturated heterocycles. The maximum atomic E-state index is 13.6. The molecule has 0 spiro atoms. The molecule has 0 saturated carbocycles. The molecule has 3 aromatic heterocycles. The zero-order valence-corrected chi connectivity index (χ0v) is 21.4. The monoisotopic (exact) mass is 532 g/mol. The minimum Gasteiger partial charge on any atom is -0.465 e. The number of nitrogens with one attached hydrogen (secondary N) is 1. The van der Waals surface area contributed by atoms with Crippen molar-refractivity contribution in [2.24, 2.45) is 0 Å². The highest BCUT2D eigenvalue weighted by Gasteiger charge is 2.25. The van der Waals surface area contributed by atoms with Crippen LogP contribution in [-0.2, 0) is 24.3 Å². The largest absolute Gasteiger partial charge is 0.465 e. The fourth-order valence-corrected chi connectivity index (χ4v) is 5.64. The van der Waals surface area contributed by atoms with Gasteiger partial charge in [0.1, 0.15) is 23.7 Å². The summed E-state index contributed by atoms with van der Waals surface area (Å²) in [5.41, 5.74) is 2.14. The predicted octanol–water partition coefficient (Wildman–Crippen LogP) is 3.95. The number of pyridine rings is 1. The van der Waals surface area contributed by atoms with E-state index in [0.717, 1.165) is 0 Å². The molecule has 0 amide bonds. The molecular formula is C27H24N4O6S. The van der Waals surface area contributed by atoms with Crippen LogP contribution in [0, 0.1) is 0 Å². The molecule has 5 rings (SSSR count). The van der Waals surface area contributed by atoms with Crippen LogP contribution in [-0.4, -0.2) is 54.0 Å². The molecule has 3 heterocycles. The first-order chi connectivity index (χ1) is 18.3. The van der Waals surface area contributed by atoms with Crippen LogP contribution in [0.3, 0.4) is 0 Å². The van der Waals surface area contributed by atoms with Gasteiger partial charge in [-0.3, -0.25) is 9.20 Å². The summed E-state index contributed by atoms with van der Waals surface area (Å²) in [5, 5.41) is 3.70. The van der Waals surface area contributed by atoms with E-state index in [1.54, 1.807) is 66.1 Å². The lowest BCUT2D eigenvalue weighted by molar-refractivity contribution is -0.140. The number of ether oxygens (including phenoxy) is 2. The minimum absolute atomic E-state index is 0.144.